The topological polar surface area (TPSA) is 23.9 Å². The third-order valence-electron chi connectivity index (χ3n) is 4.34. The minimum absolute atomic E-state index is 0.612. The summed E-state index contributed by atoms with van der Waals surface area (Å²) in [5.41, 5.74) is 4.06. The molecule has 2 aromatic carbocycles. The molecule has 1 aliphatic rings. The molecule has 20 heavy (non-hydrogen) atoms. The third kappa shape index (κ3) is 2.82. The Hall–Kier alpha value is -1.89. The lowest BCUT2D eigenvalue weighted by Crippen LogP contribution is -2.06. The maximum absolute atomic E-state index is 8.29. The molecule has 0 bridgehead atoms. The molecule has 1 aliphatic carbocycles. The molecule has 0 heterocycles. The van der Waals surface area contributed by atoms with Gasteiger partial charge in [-0.15, -0.1) is 0 Å². The normalized spacial score (nSPS) is 16.0. The van der Waals surface area contributed by atoms with Gasteiger partial charge in [-0.3, -0.25) is 5.41 Å². The van der Waals surface area contributed by atoms with Crippen LogP contribution in [0.4, 0.5) is 0 Å². The van der Waals surface area contributed by atoms with Crippen LogP contribution in [0.25, 0.3) is 0 Å². The van der Waals surface area contributed by atoms with Gasteiger partial charge in [0.05, 0.1) is 5.71 Å². The number of rotatable bonds is 3. The van der Waals surface area contributed by atoms with E-state index in [1.807, 2.05) is 30.3 Å². The van der Waals surface area contributed by atoms with E-state index in [0.29, 0.717) is 5.71 Å². The molecule has 1 N–H and O–H groups in total. The molecule has 0 aromatic heterocycles. The quantitative estimate of drug-likeness (QED) is 0.740. The third-order valence-corrected chi connectivity index (χ3v) is 4.34. The first-order valence-corrected chi connectivity index (χ1v) is 7.59. The van der Waals surface area contributed by atoms with E-state index < -0.39 is 0 Å². The maximum atomic E-state index is 8.29. The van der Waals surface area contributed by atoms with E-state index in [1.165, 1.54) is 37.7 Å². The minimum Gasteiger partial charge on any atom is -0.300 e. The molecular weight excluding hydrogens is 242 g/mol. The highest BCUT2D eigenvalue weighted by Gasteiger charge is 2.15. The summed E-state index contributed by atoms with van der Waals surface area (Å²) in [5, 5.41) is 8.29. The summed E-state index contributed by atoms with van der Waals surface area (Å²) in [4.78, 5) is 0. The van der Waals surface area contributed by atoms with Gasteiger partial charge in [0, 0.05) is 5.56 Å². The van der Waals surface area contributed by atoms with Crippen molar-refractivity contribution >= 4 is 5.71 Å². The zero-order chi connectivity index (χ0) is 13.8. The molecule has 1 nitrogen and oxygen atoms in total. The number of hydrogen-bond acceptors (Lipinski definition) is 1. The molecule has 1 saturated carbocycles. The fraction of sp³-hybridized carbons (Fsp3) is 0.316. The summed E-state index contributed by atoms with van der Waals surface area (Å²) < 4.78 is 0. The summed E-state index contributed by atoms with van der Waals surface area (Å²) in [5.74, 6) is 0.740. The predicted molar refractivity (Wildman–Crippen MR) is 84.6 cm³/mol. The van der Waals surface area contributed by atoms with Gasteiger partial charge in [-0.25, -0.2) is 0 Å². The minimum atomic E-state index is 0.612. The number of hydrogen-bond donors (Lipinski definition) is 1. The molecule has 3 rings (SSSR count). The predicted octanol–water partition coefficient (Wildman–Crippen LogP) is 5.15. The molecule has 0 atom stereocenters. The Labute approximate surface area is 121 Å². The van der Waals surface area contributed by atoms with Crippen molar-refractivity contribution in [3.63, 3.8) is 0 Å². The second-order valence-electron chi connectivity index (χ2n) is 5.70. The monoisotopic (exact) mass is 263 g/mol. The summed E-state index contributed by atoms with van der Waals surface area (Å²) in [6, 6.07) is 18.6. The fourth-order valence-electron chi connectivity index (χ4n) is 3.13. The molecule has 0 amide bonds. The lowest BCUT2D eigenvalue weighted by Gasteiger charge is -2.22. The van der Waals surface area contributed by atoms with Crippen LogP contribution in [0.15, 0.2) is 54.6 Å². The highest BCUT2D eigenvalue weighted by atomic mass is 14.4. The second-order valence-corrected chi connectivity index (χ2v) is 5.70. The molecular formula is C19H21N. The number of nitrogens with one attached hydrogen (secondary N) is 1. The fourth-order valence-corrected chi connectivity index (χ4v) is 3.13. The van der Waals surface area contributed by atoms with Gasteiger partial charge in [-0.1, -0.05) is 73.9 Å². The molecule has 0 spiro atoms. The lowest BCUT2D eigenvalue weighted by molar-refractivity contribution is 0.443. The van der Waals surface area contributed by atoms with Crippen molar-refractivity contribution in [2.24, 2.45) is 0 Å². The Balaban J connectivity index is 1.77. The van der Waals surface area contributed by atoms with E-state index in [2.05, 4.69) is 24.3 Å². The Kier molecular flexibility index (Phi) is 3.96. The van der Waals surface area contributed by atoms with Crippen molar-refractivity contribution in [1.29, 1.82) is 5.41 Å². The van der Waals surface area contributed by atoms with Gasteiger partial charge in [0.1, 0.15) is 0 Å². The zero-order valence-corrected chi connectivity index (χ0v) is 11.8. The summed E-state index contributed by atoms with van der Waals surface area (Å²) in [6.45, 7) is 0. The zero-order valence-electron chi connectivity index (χ0n) is 11.8. The average Bonchev–Trinajstić information content (AvgIpc) is 2.56. The molecule has 102 valence electrons. The van der Waals surface area contributed by atoms with Crippen LogP contribution < -0.4 is 0 Å². The molecule has 1 fully saturated rings. The van der Waals surface area contributed by atoms with Gasteiger partial charge in [0.2, 0.25) is 0 Å². The van der Waals surface area contributed by atoms with Crippen LogP contribution in [-0.2, 0) is 0 Å². The van der Waals surface area contributed by atoms with Crippen molar-refractivity contribution in [3.8, 4) is 0 Å². The van der Waals surface area contributed by atoms with Gasteiger partial charge in [-0.2, -0.15) is 0 Å². The van der Waals surface area contributed by atoms with Gasteiger partial charge >= 0.3 is 0 Å². The van der Waals surface area contributed by atoms with E-state index >= 15 is 0 Å². The first-order valence-electron chi connectivity index (χ1n) is 7.59. The van der Waals surface area contributed by atoms with E-state index in [0.717, 1.165) is 17.0 Å². The van der Waals surface area contributed by atoms with Crippen LogP contribution >= 0.6 is 0 Å². The Morgan fingerprint density at radius 3 is 2.00 bits per heavy atom. The molecule has 1 heteroatoms. The van der Waals surface area contributed by atoms with E-state index in [-0.39, 0.29) is 0 Å². The largest absolute Gasteiger partial charge is 0.300 e. The van der Waals surface area contributed by atoms with Crippen molar-refractivity contribution in [1.82, 2.24) is 0 Å². The van der Waals surface area contributed by atoms with Gasteiger partial charge in [-0.05, 0) is 29.9 Å². The summed E-state index contributed by atoms with van der Waals surface area (Å²) in [7, 11) is 0. The molecule has 0 unspecified atom stereocenters. The first kappa shape index (κ1) is 13.1. The van der Waals surface area contributed by atoms with Crippen molar-refractivity contribution in [2.75, 3.05) is 0 Å². The smallest absolute Gasteiger partial charge is 0.0684 e. The summed E-state index contributed by atoms with van der Waals surface area (Å²) in [6.07, 6.45) is 6.79. The maximum Gasteiger partial charge on any atom is 0.0684 e. The Morgan fingerprint density at radius 2 is 1.35 bits per heavy atom. The van der Waals surface area contributed by atoms with Gasteiger partial charge < -0.3 is 0 Å². The average molecular weight is 263 g/mol. The van der Waals surface area contributed by atoms with Crippen LogP contribution in [0.1, 0.15) is 54.7 Å². The molecule has 2 aromatic rings. The van der Waals surface area contributed by atoms with Crippen LogP contribution in [0.3, 0.4) is 0 Å². The Morgan fingerprint density at radius 1 is 0.750 bits per heavy atom. The SMILES string of the molecule is N=C(c1ccccc1)c1ccc(C2CCCCC2)cc1. The standard InChI is InChI=1S/C19H21N/c20-19(17-9-5-2-6-10-17)18-13-11-16(12-14-18)15-7-3-1-4-8-15/h2,5-6,9-15,20H,1,3-4,7-8H2. The second kappa shape index (κ2) is 6.04. The van der Waals surface area contributed by atoms with Crippen LogP contribution in [-0.4, -0.2) is 5.71 Å². The van der Waals surface area contributed by atoms with Crippen LogP contribution in [0.2, 0.25) is 0 Å². The first-order chi connectivity index (χ1) is 9.84. The molecule has 0 radical (unpaired) electrons. The van der Waals surface area contributed by atoms with Crippen molar-refractivity contribution in [2.45, 2.75) is 38.0 Å². The number of benzene rings is 2. The van der Waals surface area contributed by atoms with Gasteiger partial charge in [0.15, 0.2) is 0 Å². The Bertz CT molecular complexity index is 562. The van der Waals surface area contributed by atoms with E-state index in [9.17, 15) is 0 Å². The highest BCUT2D eigenvalue weighted by Crippen LogP contribution is 2.32. The van der Waals surface area contributed by atoms with Crippen molar-refractivity contribution < 1.29 is 0 Å². The van der Waals surface area contributed by atoms with E-state index in [1.54, 1.807) is 0 Å². The van der Waals surface area contributed by atoms with Crippen molar-refractivity contribution in [3.05, 3.63) is 71.3 Å². The summed E-state index contributed by atoms with van der Waals surface area (Å²) >= 11 is 0. The molecule has 0 saturated heterocycles. The van der Waals surface area contributed by atoms with Crippen LogP contribution in [0, 0.1) is 5.41 Å². The van der Waals surface area contributed by atoms with Crippen LogP contribution in [0.5, 0.6) is 0 Å². The molecule has 0 aliphatic heterocycles. The van der Waals surface area contributed by atoms with E-state index in [4.69, 9.17) is 5.41 Å². The highest BCUT2D eigenvalue weighted by molar-refractivity contribution is 6.10. The van der Waals surface area contributed by atoms with Gasteiger partial charge in [0.25, 0.3) is 0 Å². The lowest BCUT2D eigenvalue weighted by atomic mass is 9.83.